The van der Waals surface area contributed by atoms with Gasteiger partial charge in [-0.2, -0.15) is 0 Å². The third-order valence-corrected chi connectivity index (χ3v) is 2.76. The lowest BCUT2D eigenvalue weighted by molar-refractivity contribution is 0.0966. The molecule has 1 rings (SSSR count). The summed E-state index contributed by atoms with van der Waals surface area (Å²) in [7, 11) is 3.36. The van der Waals surface area contributed by atoms with E-state index in [-0.39, 0.29) is 6.09 Å². The molecule has 4 heteroatoms. The van der Waals surface area contributed by atoms with Crippen molar-refractivity contribution in [2.75, 3.05) is 27.2 Å². The van der Waals surface area contributed by atoms with E-state index in [1.165, 1.54) is 7.11 Å². The first-order chi connectivity index (χ1) is 6.19. The summed E-state index contributed by atoms with van der Waals surface area (Å²) in [6.45, 7) is 3.77. The fraction of sp³-hybridized carbons (Fsp3) is 0.889. The van der Waals surface area contributed by atoms with Crippen LogP contribution in [-0.4, -0.2) is 44.3 Å². The molecule has 0 saturated carbocycles. The molecule has 0 radical (unpaired) electrons. The molecule has 0 spiro atoms. The molecular formula is C9H18N2O2. The molecule has 2 atom stereocenters. The number of carbonyl (C=O) groups excluding carboxylic acids is 1. The average Bonchev–Trinajstić information content (AvgIpc) is 2.17. The Morgan fingerprint density at radius 2 is 2.31 bits per heavy atom. The second-order valence-corrected chi connectivity index (χ2v) is 3.58. The van der Waals surface area contributed by atoms with Gasteiger partial charge in [-0.05, 0) is 19.4 Å². The number of methoxy groups -OCH3 is 1. The second-order valence-electron chi connectivity index (χ2n) is 3.58. The summed E-state index contributed by atoms with van der Waals surface area (Å²) in [5.41, 5.74) is 0. The molecular weight excluding hydrogens is 168 g/mol. The maximum absolute atomic E-state index is 11.2. The first kappa shape index (κ1) is 10.3. The van der Waals surface area contributed by atoms with Crippen molar-refractivity contribution in [3.63, 3.8) is 0 Å². The highest BCUT2D eigenvalue weighted by atomic mass is 16.5. The van der Waals surface area contributed by atoms with Crippen molar-refractivity contribution in [3.05, 3.63) is 0 Å². The van der Waals surface area contributed by atoms with Crippen LogP contribution in [0.15, 0.2) is 0 Å². The minimum absolute atomic E-state index is 0.216. The maximum Gasteiger partial charge on any atom is 0.409 e. The van der Waals surface area contributed by atoms with E-state index in [0.717, 1.165) is 19.5 Å². The SMILES string of the molecule is CNC1CN(C(=O)OC)CCC1C. The zero-order chi connectivity index (χ0) is 9.84. The Morgan fingerprint density at radius 3 is 2.85 bits per heavy atom. The van der Waals surface area contributed by atoms with E-state index in [9.17, 15) is 4.79 Å². The van der Waals surface area contributed by atoms with Crippen molar-refractivity contribution < 1.29 is 9.53 Å². The lowest BCUT2D eigenvalue weighted by Gasteiger charge is -2.35. The minimum atomic E-state index is -0.216. The number of amides is 1. The molecule has 2 unspecified atom stereocenters. The van der Waals surface area contributed by atoms with Gasteiger partial charge in [0.1, 0.15) is 0 Å². The molecule has 1 aliphatic rings. The van der Waals surface area contributed by atoms with Crippen molar-refractivity contribution in [1.29, 1.82) is 0 Å². The van der Waals surface area contributed by atoms with Crippen LogP contribution in [0.25, 0.3) is 0 Å². The summed E-state index contributed by atoms with van der Waals surface area (Å²) in [5, 5.41) is 3.21. The normalized spacial score (nSPS) is 28.7. The van der Waals surface area contributed by atoms with Gasteiger partial charge in [-0.15, -0.1) is 0 Å². The third kappa shape index (κ3) is 2.34. The average molecular weight is 186 g/mol. The fourth-order valence-electron chi connectivity index (χ4n) is 1.74. The number of likely N-dealkylation sites (tertiary alicyclic amines) is 1. The predicted octanol–water partition coefficient (Wildman–Crippen LogP) is 0.683. The van der Waals surface area contributed by atoms with Gasteiger partial charge in [0.05, 0.1) is 7.11 Å². The zero-order valence-electron chi connectivity index (χ0n) is 8.54. The number of hydrogen-bond donors (Lipinski definition) is 1. The largest absolute Gasteiger partial charge is 0.453 e. The Kier molecular flexibility index (Phi) is 3.54. The summed E-state index contributed by atoms with van der Waals surface area (Å²) in [4.78, 5) is 13.0. The van der Waals surface area contributed by atoms with E-state index >= 15 is 0 Å². The molecule has 0 aromatic carbocycles. The van der Waals surface area contributed by atoms with E-state index in [1.807, 2.05) is 7.05 Å². The number of rotatable bonds is 1. The zero-order valence-corrected chi connectivity index (χ0v) is 8.54. The number of ether oxygens (including phenoxy) is 1. The molecule has 1 heterocycles. The van der Waals surface area contributed by atoms with Crippen molar-refractivity contribution in [2.45, 2.75) is 19.4 Å². The van der Waals surface area contributed by atoms with E-state index < -0.39 is 0 Å². The Morgan fingerprint density at radius 1 is 1.62 bits per heavy atom. The van der Waals surface area contributed by atoms with Gasteiger partial charge in [-0.3, -0.25) is 0 Å². The summed E-state index contributed by atoms with van der Waals surface area (Å²) in [6.07, 6.45) is 0.827. The van der Waals surface area contributed by atoms with Gasteiger partial charge in [0.15, 0.2) is 0 Å². The van der Waals surface area contributed by atoms with Crippen molar-refractivity contribution >= 4 is 6.09 Å². The van der Waals surface area contributed by atoms with Crippen LogP contribution in [0.2, 0.25) is 0 Å². The molecule has 0 aromatic heterocycles. The molecule has 0 aliphatic carbocycles. The van der Waals surface area contributed by atoms with Crippen LogP contribution in [-0.2, 0) is 4.74 Å². The number of nitrogens with zero attached hydrogens (tertiary/aromatic N) is 1. The Bertz CT molecular complexity index is 184. The highest BCUT2D eigenvalue weighted by Gasteiger charge is 2.27. The summed E-state index contributed by atoms with van der Waals surface area (Å²) >= 11 is 0. The molecule has 13 heavy (non-hydrogen) atoms. The van der Waals surface area contributed by atoms with Gasteiger partial charge in [-0.1, -0.05) is 6.92 Å². The molecule has 0 bridgehead atoms. The lowest BCUT2D eigenvalue weighted by Crippen LogP contribution is -2.50. The van der Waals surface area contributed by atoms with Crippen LogP contribution in [0.4, 0.5) is 4.79 Å². The highest BCUT2D eigenvalue weighted by Crippen LogP contribution is 2.17. The molecule has 4 nitrogen and oxygen atoms in total. The first-order valence-corrected chi connectivity index (χ1v) is 4.69. The first-order valence-electron chi connectivity index (χ1n) is 4.69. The van der Waals surface area contributed by atoms with Crippen LogP contribution >= 0.6 is 0 Å². The van der Waals surface area contributed by atoms with Gasteiger partial charge in [-0.25, -0.2) is 4.79 Å². The lowest BCUT2D eigenvalue weighted by atomic mass is 9.94. The molecule has 1 N–H and O–H groups in total. The van der Waals surface area contributed by atoms with Gasteiger partial charge < -0.3 is 15.0 Å². The Hall–Kier alpha value is -0.770. The third-order valence-electron chi connectivity index (χ3n) is 2.76. The topological polar surface area (TPSA) is 41.6 Å². The monoisotopic (exact) mass is 186 g/mol. The number of hydrogen-bond acceptors (Lipinski definition) is 3. The Balaban J connectivity index is 2.49. The maximum atomic E-state index is 11.2. The molecule has 76 valence electrons. The second kappa shape index (κ2) is 4.46. The number of carbonyl (C=O) groups is 1. The molecule has 1 saturated heterocycles. The van der Waals surface area contributed by atoms with Crippen LogP contribution in [0.1, 0.15) is 13.3 Å². The van der Waals surface area contributed by atoms with Crippen molar-refractivity contribution in [3.8, 4) is 0 Å². The van der Waals surface area contributed by atoms with Crippen LogP contribution in [0.3, 0.4) is 0 Å². The van der Waals surface area contributed by atoms with Gasteiger partial charge in [0, 0.05) is 19.1 Å². The standard InChI is InChI=1S/C9H18N2O2/c1-7-4-5-11(9(12)13-3)6-8(7)10-2/h7-8,10H,4-6H2,1-3H3. The Labute approximate surface area is 79.2 Å². The van der Waals surface area contributed by atoms with Crippen LogP contribution in [0, 0.1) is 5.92 Å². The molecule has 0 aromatic rings. The fourth-order valence-corrected chi connectivity index (χ4v) is 1.74. The minimum Gasteiger partial charge on any atom is -0.453 e. The van der Waals surface area contributed by atoms with E-state index in [1.54, 1.807) is 4.90 Å². The smallest absolute Gasteiger partial charge is 0.409 e. The summed E-state index contributed by atoms with van der Waals surface area (Å²) < 4.78 is 4.68. The summed E-state index contributed by atoms with van der Waals surface area (Å²) in [5.74, 6) is 0.630. The van der Waals surface area contributed by atoms with Crippen LogP contribution < -0.4 is 5.32 Å². The number of piperidine rings is 1. The molecule has 1 fully saturated rings. The molecule has 1 amide bonds. The quantitative estimate of drug-likeness (QED) is 0.655. The van der Waals surface area contributed by atoms with E-state index in [2.05, 4.69) is 17.0 Å². The van der Waals surface area contributed by atoms with Gasteiger partial charge in [0.2, 0.25) is 0 Å². The van der Waals surface area contributed by atoms with Crippen LogP contribution in [0.5, 0.6) is 0 Å². The highest BCUT2D eigenvalue weighted by molar-refractivity contribution is 5.67. The summed E-state index contributed by atoms with van der Waals surface area (Å²) in [6, 6.07) is 0.396. The predicted molar refractivity (Wildman–Crippen MR) is 50.6 cm³/mol. The molecule has 1 aliphatic heterocycles. The van der Waals surface area contributed by atoms with Crippen molar-refractivity contribution in [2.24, 2.45) is 5.92 Å². The van der Waals surface area contributed by atoms with Gasteiger partial charge in [0.25, 0.3) is 0 Å². The van der Waals surface area contributed by atoms with E-state index in [4.69, 9.17) is 0 Å². The van der Waals surface area contributed by atoms with E-state index in [0.29, 0.717) is 12.0 Å². The number of likely N-dealkylation sites (N-methyl/N-ethyl adjacent to an activating group) is 1. The number of nitrogens with one attached hydrogen (secondary N) is 1. The van der Waals surface area contributed by atoms with Crippen molar-refractivity contribution in [1.82, 2.24) is 10.2 Å². The van der Waals surface area contributed by atoms with Gasteiger partial charge >= 0.3 is 6.09 Å².